The van der Waals surface area contributed by atoms with Crippen molar-refractivity contribution in [3.05, 3.63) is 53.8 Å². The topological polar surface area (TPSA) is 84.5 Å². The van der Waals surface area contributed by atoms with Crippen LogP contribution in [0.5, 0.6) is 5.75 Å². The smallest absolute Gasteiger partial charge is 0.264 e. The second kappa shape index (κ2) is 6.66. The Hall–Kier alpha value is -2.61. The minimum absolute atomic E-state index is 0.0217. The average molecular weight is 338 g/mol. The monoisotopic (exact) mass is 338 g/mol. The van der Waals surface area contributed by atoms with Gasteiger partial charge in [-0.3, -0.25) is 9.52 Å². The summed E-state index contributed by atoms with van der Waals surface area (Å²) in [6.45, 7) is 0. The van der Waals surface area contributed by atoms with Gasteiger partial charge in [-0.15, -0.1) is 0 Å². The molecular formula is C15H15FN2O4S. The lowest BCUT2D eigenvalue weighted by Crippen LogP contribution is -2.22. The fourth-order valence-electron chi connectivity index (χ4n) is 1.92. The van der Waals surface area contributed by atoms with Crippen molar-refractivity contribution < 1.29 is 22.3 Å². The molecule has 0 aliphatic rings. The first-order valence-corrected chi connectivity index (χ1v) is 8.05. The van der Waals surface area contributed by atoms with Crippen LogP contribution in [-0.4, -0.2) is 28.5 Å². The third-order valence-corrected chi connectivity index (χ3v) is 4.47. The Bertz CT molecular complexity index is 837. The number of hydrogen-bond acceptors (Lipinski definition) is 4. The molecule has 0 saturated heterocycles. The highest BCUT2D eigenvalue weighted by Crippen LogP contribution is 2.25. The molecule has 0 spiro atoms. The van der Waals surface area contributed by atoms with E-state index in [0.717, 1.165) is 12.1 Å². The molecule has 0 atom stereocenters. The van der Waals surface area contributed by atoms with Crippen molar-refractivity contribution in [2.45, 2.75) is 4.90 Å². The van der Waals surface area contributed by atoms with Crippen LogP contribution in [0.2, 0.25) is 0 Å². The van der Waals surface area contributed by atoms with Crippen molar-refractivity contribution >= 4 is 21.6 Å². The quantitative estimate of drug-likeness (QED) is 0.873. The molecule has 2 N–H and O–H groups in total. The minimum atomic E-state index is -4.17. The Kier molecular flexibility index (Phi) is 4.85. The summed E-state index contributed by atoms with van der Waals surface area (Å²) < 4.78 is 45.6. The second-order valence-electron chi connectivity index (χ2n) is 4.53. The molecule has 0 heterocycles. The van der Waals surface area contributed by atoms with E-state index in [9.17, 15) is 17.6 Å². The summed E-state index contributed by atoms with van der Waals surface area (Å²) in [6.07, 6.45) is 0. The summed E-state index contributed by atoms with van der Waals surface area (Å²) in [5.74, 6) is -0.998. The van der Waals surface area contributed by atoms with Crippen molar-refractivity contribution in [1.29, 1.82) is 0 Å². The van der Waals surface area contributed by atoms with Gasteiger partial charge in [-0.25, -0.2) is 12.8 Å². The molecule has 0 unspecified atom stereocenters. The van der Waals surface area contributed by atoms with Crippen LogP contribution < -0.4 is 14.8 Å². The van der Waals surface area contributed by atoms with E-state index in [4.69, 9.17) is 4.74 Å². The molecule has 2 rings (SSSR count). The van der Waals surface area contributed by atoms with Gasteiger partial charge in [-0.05, 0) is 30.3 Å². The molecule has 2 aromatic carbocycles. The predicted molar refractivity (Wildman–Crippen MR) is 83.6 cm³/mol. The van der Waals surface area contributed by atoms with Crippen LogP contribution in [-0.2, 0) is 10.0 Å². The Morgan fingerprint density at radius 3 is 2.48 bits per heavy atom. The molecule has 8 heteroatoms. The Morgan fingerprint density at radius 1 is 1.17 bits per heavy atom. The van der Waals surface area contributed by atoms with Crippen LogP contribution >= 0.6 is 0 Å². The number of nitrogens with one attached hydrogen (secondary N) is 2. The fourth-order valence-corrected chi connectivity index (χ4v) is 3.08. The zero-order chi connectivity index (χ0) is 17.0. The maximum absolute atomic E-state index is 13.7. The van der Waals surface area contributed by atoms with Crippen LogP contribution in [0, 0.1) is 5.82 Å². The van der Waals surface area contributed by atoms with Gasteiger partial charge in [0.15, 0.2) is 0 Å². The van der Waals surface area contributed by atoms with Gasteiger partial charge >= 0.3 is 0 Å². The number of carbonyl (C=O) groups excluding carboxylic acids is 1. The van der Waals surface area contributed by atoms with Gasteiger partial charge in [0, 0.05) is 7.05 Å². The van der Waals surface area contributed by atoms with E-state index in [1.165, 1.54) is 44.5 Å². The zero-order valence-corrected chi connectivity index (χ0v) is 13.3. The van der Waals surface area contributed by atoms with Gasteiger partial charge in [-0.1, -0.05) is 12.1 Å². The number of anilines is 1. The van der Waals surface area contributed by atoms with E-state index in [2.05, 4.69) is 10.0 Å². The van der Waals surface area contributed by atoms with E-state index < -0.39 is 26.6 Å². The lowest BCUT2D eigenvalue weighted by molar-refractivity contribution is 0.0963. The third kappa shape index (κ3) is 3.59. The standard InChI is InChI=1S/C15H15FN2O4S/c1-17-15(19)11-9-10(22-2)7-8-13(11)18-23(20,21)14-6-4-3-5-12(14)16/h3-9,18H,1-2H3,(H,17,19). The number of methoxy groups -OCH3 is 1. The first-order valence-electron chi connectivity index (χ1n) is 6.56. The fraction of sp³-hybridized carbons (Fsp3) is 0.133. The third-order valence-electron chi connectivity index (χ3n) is 3.07. The summed E-state index contributed by atoms with van der Waals surface area (Å²) in [7, 11) is -1.34. The maximum Gasteiger partial charge on any atom is 0.264 e. The highest BCUT2D eigenvalue weighted by Gasteiger charge is 2.21. The summed E-state index contributed by atoms with van der Waals surface area (Å²) in [6, 6.07) is 9.23. The molecule has 0 radical (unpaired) electrons. The molecule has 23 heavy (non-hydrogen) atoms. The van der Waals surface area contributed by atoms with Crippen molar-refractivity contribution in [3.63, 3.8) is 0 Å². The molecule has 2 aromatic rings. The summed E-state index contributed by atoms with van der Waals surface area (Å²) in [4.78, 5) is 11.4. The first-order chi connectivity index (χ1) is 10.9. The number of sulfonamides is 1. The molecule has 0 bridgehead atoms. The van der Waals surface area contributed by atoms with Crippen molar-refractivity contribution in [1.82, 2.24) is 5.32 Å². The SMILES string of the molecule is CNC(=O)c1cc(OC)ccc1NS(=O)(=O)c1ccccc1F. The van der Waals surface area contributed by atoms with E-state index in [0.29, 0.717) is 5.75 Å². The lowest BCUT2D eigenvalue weighted by Gasteiger charge is -2.13. The molecule has 122 valence electrons. The van der Waals surface area contributed by atoms with Gasteiger partial charge in [0.25, 0.3) is 15.9 Å². The molecule has 6 nitrogen and oxygen atoms in total. The van der Waals surface area contributed by atoms with Crippen LogP contribution in [0.4, 0.5) is 10.1 Å². The molecule has 0 aliphatic carbocycles. The molecule has 1 amide bonds. The van der Waals surface area contributed by atoms with Crippen molar-refractivity contribution in [3.8, 4) is 5.75 Å². The van der Waals surface area contributed by atoms with E-state index in [1.54, 1.807) is 0 Å². The molecule has 0 aromatic heterocycles. The summed E-state index contributed by atoms with van der Waals surface area (Å²) in [5, 5.41) is 2.41. The van der Waals surface area contributed by atoms with Gasteiger partial charge < -0.3 is 10.1 Å². The van der Waals surface area contributed by atoms with Crippen LogP contribution in [0.1, 0.15) is 10.4 Å². The molecule has 0 aliphatic heterocycles. The maximum atomic E-state index is 13.7. The number of amides is 1. The van der Waals surface area contributed by atoms with E-state index in [-0.39, 0.29) is 11.3 Å². The molecular weight excluding hydrogens is 323 g/mol. The summed E-state index contributed by atoms with van der Waals surface area (Å²) >= 11 is 0. The molecule has 0 fully saturated rings. The highest BCUT2D eigenvalue weighted by atomic mass is 32.2. The van der Waals surface area contributed by atoms with Crippen LogP contribution in [0.3, 0.4) is 0 Å². The van der Waals surface area contributed by atoms with Crippen molar-refractivity contribution in [2.24, 2.45) is 0 Å². The Labute approximate surface area is 133 Å². The normalized spacial score (nSPS) is 10.9. The largest absolute Gasteiger partial charge is 0.497 e. The predicted octanol–water partition coefficient (Wildman–Crippen LogP) is 1.99. The Balaban J connectivity index is 2.47. The van der Waals surface area contributed by atoms with Crippen LogP contribution in [0.25, 0.3) is 0 Å². The number of hydrogen-bond donors (Lipinski definition) is 2. The number of ether oxygens (including phenoxy) is 1. The second-order valence-corrected chi connectivity index (χ2v) is 6.18. The van der Waals surface area contributed by atoms with Gasteiger partial charge in [0.1, 0.15) is 16.5 Å². The van der Waals surface area contributed by atoms with E-state index in [1.807, 2.05) is 0 Å². The first kappa shape index (κ1) is 16.8. The number of halogens is 1. The number of benzene rings is 2. The zero-order valence-electron chi connectivity index (χ0n) is 12.5. The molecule has 0 saturated carbocycles. The summed E-state index contributed by atoms with van der Waals surface area (Å²) in [5.41, 5.74) is 0.0835. The minimum Gasteiger partial charge on any atom is -0.497 e. The average Bonchev–Trinajstić information content (AvgIpc) is 2.54. The van der Waals surface area contributed by atoms with Gasteiger partial charge in [-0.2, -0.15) is 0 Å². The lowest BCUT2D eigenvalue weighted by atomic mass is 10.1. The van der Waals surface area contributed by atoms with Crippen molar-refractivity contribution in [2.75, 3.05) is 18.9 Å². The highest BCUT2D eigenvalue weighted by molar-refractivity contribution is 7.92. The van der Waals surface area contributed by atoms with Gasteiger partial charge in [0.05, 0.1) is 18.4 Å². The van der Waals surface area contributed by atoms with Gasteiger partial charge in [0.2, 0.25) is 0 Å². The van der Waals surface area contributed by atoms with Crippen LogP contribution in [0.15, 0.2) is 47.4 Å². The number of carbonyl (C=O) groups is 1. The number of rotatable bonds is 5. The van der Waals surface area contributed by atoms with E-state index >= 15 is 0 Å². The Morgan fingerprint density at radius 2 is 1.87 bits per heavy atom.